The molecule has 3 rings (SSSR count). The molecule has 1 saturated heterocycles. The van der Waals surface area contributed by atoms with Gasteiger partial charge in [-0.05, 0) is 57.3 Å². The van der Waals surface area contributed by atoms with E-state index >= 15 is 0 Å². The lowest BCUT2D eigenvalue weighted by Gasteiger charge is -2.37. The van der Waals surface area contributed by atoms with Crippen LogP contribution in [0.3, 0.4) is 0 Å². The molecule has 0 spiro atoms. The highest BCUT2D eigenvalue weighted by Crippen LogP contribution is 2.33. The number of anilines is 1. The number of para-hydroxylation sites is 1. The van der Waals surface area contributed by atoms with Crippen molar-refractivity contribution in [3.8, 4) is 0 Å². The van der Waals surface area contributed by atoms with Crippen LogP contribution in [0.1, 0.15) is 38.5 Å². The zero-order valence-corrected chi connectivity index (χ0v) is 13.1. The van der Waals surface area contributed by atoms with Crippen molar-refractivity contribution in [3.05, 3.63) is 30.3 Å². The van der Waals surface area contributed by atoms with E-state index in [-0.39, 0.29) is 18.4 Å². The summed E-state index contributed by atoms with van der Waals surface area (Å²) in [7, 11) is 0. The van der Waals surface area contributed by atoms with Crippen LogP contribution in [-0.2, 0) is 4.79 Å². The van der Waals surface area contributed by atoms with E-state index in [0.717, 1.165) is 38.0 Å². The molecule has 2 fully saturated rings. The maximum atomic E-state index is 12.7. The fourth-order valence-electron chi connectivity index (χ4n) is 4.03. The molecule has 1 aromatic rings. The average Bonchev–Trinajstić information content (AvgIpc) is 3.19. The van der Waals surface area contributed by atoms with Crippen molar-refractivity contribution in [3.63, 3.8) is 0 Å². The number of likely N-dealkylation sites (tertiary alicyclic amines) is 1. The fraction of sp³-hybridized carbons (Fsp3) is 0.611. The third-order valence-corrected chi connectivity index (χ3v) is 5.00. The number of hydrogen-bond donors (Lipinski definition) is 0. The summed E-state index contributed by atoms with van der Waals surface area (Å²) in [5.41, 5.74) is 0.914. The summed E-state index contributed by atoms with van der Waals surface area (Å²) in [6.45, 7) is 1.70. The number of rotatable bonds is 5. The van der Waals surface area contributed by atoms with Gasteiger partial charge >= 0.3 is 0 Å². The highest BCUT2D eigenvalue weighted by atomic mass is 19.1. The zero-order valence-electron chi connectivity index (χ0n) is 13.1. The van der Waals surface area contributed by atoms with Gasteiger partial charge < -0.3 is 4.90 Å². The Kier molecular flexibility index (Phi) is 5.08. The summed E-state index contributed by atoms with van der Waals surface area (Å²) in [4.78, 5) is 17.0. The molecule has 0 bridgehead atoms. The summed E-state index contributed by atoms with van der Waals surface area (Å²) in [6, 6.07) is 10.4. The van der Waals surface area contributed by atoms with Gasteiger partial charge in [-0.15, -0.1) is 0 Å². The minimum Gasteiger partial charge on any atom is -0.308 e. The minimum absolute atomic E-state index is 0.0158. The van der Waals surface area contributed by atoms with Gasteiger partial charge in [0, 0.05) is 11.7 Å². The van der Waals surface area contributed by atoms with Crippen molar-refractivity contribution in [2.24, 2.45) is 0 Å². The van der Waals surface area contributed by atoms with E-state index in [4.69, 9.17) is 0 Å². The van der Waals surface area contributed by atoms with Crippen LogP contribution in [0, 0.1) is 0 Å². The predicted molar refractivity (Wildman–Crippen MR) is 86.8 cm³/mol. The summed E-state index contributed by atoms with van der Waals surface area (Å²) in [5.74, 6) is -0.0789. The second-order valence-electron chi connectivity index (χ2n) is 6.35. The molecule has 120 valence electrons. The Morgan fingerprint density at radius 3 is 2.55 bits per heavy atom. The molecule has 0 aromatic heterocycles. The van der Waals surface area contributed by atoms with Crippen LogP contribution in [0.5, 0.6) is 0 Å². The predicted octanol–water partition coefficient (Wildman–Crippen LogP) is 3.40. The van der Waals surface area contributed by atoms with Crippen molar-refractivity contribution in [1.82, 2.24) is 4.90 Å². The minimum atomic E-state index is -0.580. The smallest absolute Gasteiger partial charge is 0.229 e. The molecule has 22 heavy (non-hydrogen) atoms. The molecule has 2 atom stereocenters. The van der Waals surface area contributed by atoms with E-state index in [9.17, 15) is 9.18 Å². The Balaban J connectivity index is 1.85. The number of halogens is 1. The summed E-state index contributed by atoms with van der Waals surface area (Å²) < 4.78 is 12.7. The molecular formula is C18H25FN2O. The maximum Gasteiger partial charge on any atom is 0.229 e. The van der Waals surface area contributed by atoms with Crippen LogP contribution in [0.2, 0.25) is 0 Å². The SMILES string of the molecule is O=C(CCF)N(c1ccccc1)C1CCCC1N1CCCC1. The molecule has 0 radical (unpaired) electrons. The largest absolute Gasteiger partial charge is 0.308 e. The standard InChI is InChI=1S/C18H25FN2O/c19-12-11-18(22)21(15-7-2-1-3-8-15)17-10-6-9-16(17)20-13-4-5-14-20/h1-3,7-8,16-17H,4-6,9-14H2. The van der Waals surface area contributed by atoms with Gasteiger partial charge in [0.05, 0.1) is 19.1 Å². The van der Waals surface area contributed by atoms with E-state index in [2.05, 4.69) is 4.90 Å². The van der Waals surface area contributed by atoms with Gasteiger partial charge in [-0.1, -0.05) is 18.2 Å². The van der Waals surface area contributed by atoms with Gasteiger partial charge in [-0.2, -0.15) is 0 Å². The number of amides is 1. The van der Waals surface area contributed by atoms with Crippen LogP contribution in [0.25, 0.3) is 0 Å². The normalized spacial score (nSPS) is 25.5. The van der Waals surface area contributed by atoms with Gasteiger partial charge in [-0.25, -0.2) is 0 Å². The molecule has 4 heteroatoms. The monoisotopic (exact) mass is 304 g/mol. The Hall–Kier alpha value is -1.42. The zero-order chi connectivity index (χ0) is 15.4. The molecule has 1 saturated carbocycles. The van der Waals surface area contributed by atoms with Crippen molar-refractivity contribution in [2.45, 2.75) is 50.6 Å². The van der Waals surface area contributed by atoms with Crippen LogP contribution < -0.4 is 4.90 Å². The van der Waals surface area contributed by atoms with Gasteiger partial charge in [0.2, 0.25) is 5.91 Å². The molecule has 0 N–H and O–H groups in total. The molecule has 1 aliphatic carbocycles. The van der Waals surface area contributed by atoms with Crippen LogP contribution in [0.15, 0.2) is 30.3 Å². The Labute approximate surface area is 132 Å². The lowest BCUT2D eigenvalue weighted by Crippen LogP contribution is -2.50. The van der Waals surface area contributed by atoms with E-state index in [0.29, 0.717) is 6.04 Å². The number of alkyl halides is 1. The number of carbonyl (C=O) groups excluding carboxylic acids is 1. The first-order valence-electron chi connectivity index (χ1n) is 8.48. The summed E-state index contributed by atoms with van der Waals surface area (Å²) >= 11 is 0. The summed E-state index contributed by atoms with van der Waals surface area (Å²) in [6.07, 6.45) is 5.82. The molecule has 1 amide bonds. The number of benzene rings is 1. The lowest BCUT2D eigenvalue weighted by atomic mass is 10.1. The summed E-state index contributed by atoms with van der Waals surface area (Å²) in [5, 5.41) is 0. The Morgan fingerprint density at radius 2 is 1.86 bits per heavy atom. The number of carbonyl (C=O) groups is 1. The van der Waals surface area contributed by atoms with Crippen molar-refractivity contribution < 1.29 is 9.18 Å². The van der Waals surface area contributed by atoms with Crippen LogP contribution in [0.4, 0.5) is 10.1 Å². The first-order chi connectivity index (χ1) is 10.8. The second-order valence-corrected chi connectivity index (χ2v) is 6.35. The lowest BCUT2D eigenvalue weighted by molar-refractivity contribution is -0.119. The molecule has 1 aliphatic heterocycles. The van der Waals surface area contributed by atoms with E-state index in [1.54, 1.807) is 0 Å². The van der Waals surface area contributed by atoms with Gasteiger partial charge in [0.25, 0.3) is 0 Å². The molecular weight excluding hydrogens is 279 g/mol. The Morgan fingerprint density at radius 1 is 1.14 bits per heavy atom. The van der Waals surface area contributed by atoms with E-state index in [1.807, 2.05) is 35.2 Å². The first kappa shape index (κ1) is 15.5. The van der Waals surface area contributed by atoms with Gasteiger partial charge in [0.1, 0.15) is 0 Å². The second kappa shape index (κ2) is 7.23. The molecule has 1 aromatic carbocycles. The fourth-order valence-corrected chi connectivity index (χ4v) is 4.03. The molecule has 2 aliphatic rings. The highest BCUT2D eigenvalue weighted by Gasteiger charge is 2.39. The first-order valence-corrected chi connectivity index (χ1v) is 8.48. The third-order valence-electron chi connectivity index (χ3n) is 5.00. The van der Waals surface area contributed by atoms with E-state index in [1.165, 1.54) is 12.8 Å². The highest BCUT2D eigenvalue weighted by molar-refractivity contribution is 5.94. The van der Waals surface area contributed by atoms with Crippen LogP contribution in [-0.4, -0.2) is 42.7 Å². The topological polar surface area (TPSA) is 23.6 Å². The quantitative estimate of drug-likeness (QED) is 0.832. The van der Waals surface area contributed by atoms with Gasteiger partial charge in [-0.3, -0.25) is 14.1 Å². The molecule has 1 heterocycles. The third kappa shape index (κ3) is 3.17. The maximum absolute atomic E-state index is 12.7. The average molecular weight is 304 g/mol. The molecule has 2 unspecified atom stereocenters. The Bertz CT molecular complexity index is 487. The van der Waals surface area contributed by atoms with Crippen molar-refractivity contribution >= 4 is 11.6 Å². The molecule has 3 nitrogen and oxygen atoms in total. The van der Waals surface area contributed by atoms with Crippen molar-refractivity contribution in [2.75, 3.05) is 24.7 Å². The van der Waals surface area contributed by atoms with Crippen LogP contribution >= 0.6 is 0 Å². The van der Waals surface area contributed by atoms with Gasteiger partial charge in [0.15, 0.2) is 0 Å². The number of nitrogens with zero attached hydrogens (tertiary/aromatic N) is 2. The van der Waals surface area contributed by atoms with E-state index < -0.39 is 6.67 Å². The van der Waals surface area contributed by atoms with Crippen molar-refractivity contribution in [1.29, 1.82) is 0 Å². The number of hydrogen-bond acceptors (Lipinski definition) is 2.